The first-order valence-corrected chi connectivity index (χ1v) is 9.59. The molecule has 4 rings (SSSR count). The number of rotatable bonds is 3. The second-order valence-corrected chi connectivity index (χ2v) is 7.31. The molecule has 0 radical (unpaired) electrons. The molecule has 0 aromatic carbocycles. The quantitative estimate of drug-likeness (QED) is 0.916. The highest BCUT2D eigenvalue weighted by atomic mass is 16.2. The zero-order chi connectivity index (χ0) is 17.1. The number of aromatic amines is 1. The van der Waals surface area contributed by atoms with Gasteiger partial charge >= 0.3 is 0 Å². The zero-order valence-electron chi connectivity index (χ0n) is 14.7. The van der Waals surface area contributed by atoms with Crippen molar-refractivity contribution < 1.29 is 4.79 Å². The summed E-state index contributed by atoms with van der Waals surface area (Å²) in [6.07, 6.45) is 14.5. The molecule has 5 nitrogen and oxygen atoms in total. The number of nitrogens with zero attached hydrogens (tertiary/aromatic N) is 3. The summed E-state index contributed by atoms with van der Waals surface area (Å²) in [5, 5.41) is 7.49. The van der Waals surface area contributed by atoms with Gasteiger partial charge < -0.3 is 4.90 Å². The van der Waals surface area contributed by atoms with Gasteiger partial charge in [-0.1, -0.05) is 19.3 Å². The van der Waals surface area contributed by atoms with Crippen LogP contribution in [0.25, 0.3) is 11.1 Å². The van der Waals surface area contributed by atoms with Crippen LogP contribution in [-0.2, 0) is 4.79 Å². The summed E-state index contributed by atoms with van der Waals surface area (Å²) >= 11 is 0. The highest BCUT2D eigenvalue weighted by molar-refractivity contribution is 5.80. The Morgan fingerprint density at radius 3 is 2.60 bits per heavy atom. The van der Waals surface area contributed by atoms with Gasteiger partial charge in [0, 0.05) is 30.4 Å². The number of carbonyl (C=O) groups excluding carboxylic acids is 1. The molecule has 25 heavy (non-hydrogen) atoms. The Labute approximate surface area is 148 Å². The first-order valence-electron chi connectivity index (χ1n) is 9.59. The number of carbonyl (C=O) groups is 1. The molecule has 3 heterocycles. The lowest BCUT2D eigenvalue weighted by Crippen LogP contribution is -2.42. The lowest BCUT2D eigenvalue weighted by Gasteiger charge is -2.38. The molecule has 1 atom stereocenters. The van der Waals surface area contributed by atoms with Crippen molar-refractivity contribution in [3.63, 3.8) is 0 Å². The summed E-state index contributed by atoms with van der Waals surface area (Å²) in [5.41, 5.74) is 3.28. The number of amides is 1. The van der Waals surface area contributed by atoms with E-state index in [1.165, 1.54) is 19.3 Å². The van der Waals surface area contributed by atoms with Crippen LogP contribution >= 0.6 is 0 Å². The van der Waals surface area contributed by atoms with Gasteiger partial charge in [-0.15, -0.1) is 0 Å². The van der Waals surface area contributed by atoms with E-state index >= 15 is 0 Å². The largest absolute Gasteiger partial charge is 0.334 e. The third-order valence-electron chi connectivity index (χ3n) is 5.73. The van der Waals surface area contributed by atoms with Crippen molar-refractivity contribution in [1.29, 1.82) is 0 Å². The van der Waals surface area contributed by atoms with E-state index in [1.807, 2.05) is 18.3 Å². The topological polar surface area (TPSA) is 61.9 Å². The zero-order valence-corrected chi connectivity index (χ0v) is 14.7. The van der Waals surface area contributed by atoms with Gasteiger partial charge in [0.1, 0.15) is 0 Å². The van der Waals surface area contributed by atoms with Gasteiger partial charge in [-0.25, -0.2) is 0 Å². The van der Waals surface area contributed by atoms with Gasteiger partial charge in [0.05, 0.1) is 17.9 Å². The highest BCUT2D eigenvalue weighted by Crippen LogP contribution is 2.37. The Hall–Kier alpha value is -2.17. The van der Waals surface area contributed by atoms with E-state index in [4.69, 9.17) is 0 Å². The van der Waals surface area contributed by atoms with Crippen LogP contribution < -0.4 is 0 Å². The van der Waals surface area contributed by atoms with Gasteiger partial charge in [-0.2, -0.15) is 5.10 Å². The molecule has 5 heteroatoms. The molecule has 1 aliphatic carbocycles. The SMILES string of the molecule is O=C(C1CCCCC1)N1CCCC[C@H]1c1[nH]ncc1-c1ccncc1. The molecular formula is C20H26N4O. The third kappa shape index (κ3) is 3.32. The monoisotopic (exact) mass is 338 g/mol. The fourth-order valence-electron chi connectivity index (χ4n) is 4.39. The van der Waals surface area contributed by atoms with E-state index in [0.29, 0.717) is 5.91 Å². The number of pyridine rings is 1. The van der Waals surface area contributed by atoms with E-state index in [-0.39, 0.29) is 12.0 Å². The van der Waals surface area contributed by atoms with Crippen molar-refractivity contribution in [3.05, 3.63) is 36.4 Å². The maximum atomic E-state index is 13.2. The van der Waals surface area contributed by atoms with Crippen molar-refractivity contribution in [1.82, 2.24) is 20.1 Å². The molecule has 0 bridgehead atoms. The van der Waals surface area contributed by atoms with E-state index < -0.39 is 0 Å². The summed E-state index contributed by atoms with van der Waals surface area (Å²) in [5.74, 6) is 0.585. The average molecular weight is 338 g/mol. The van der Waals surface area contributed by atoms with Gasteiger partial charge in [-0.05, 0) is 49.8 Å². The summed E-state index contributed by atoms with van der Waals surface area (Å²) in [7, 11) is 0. The fraction of sp³-hybridized carbons (Fsp3) is 0.550. The van der Waals surface area contributed by atoms with Gasteiger partial charge in [0.25, 0.3) is 0 Å². The van der Waals surface area contributed by atoms with Crippen LogP contribution in [0.3, 0.4) is 0 Å². The molecule has 1 aliphatic heterocycles. The highest BCUT2D eigenvalue weighted by Gasteiger charge is 2.34. The minimum Gasteiger partial charge on any atom is -0.334 e. The molecule has 0 unspecified atom stereocenters. The smallest absolute Gasteiger partial charge is 0.226 e. The number of hydrogen-bond donors (Lipinski definition) is 1. The summed E-state index contributed by atoms with van der Waals surface area (Å²) in [4.78, 5) is 19.4. The molecule has 132 valence electrons. The van der Waals surface area contributed by atoms with Crippen molar-refractivity contribution in [2.45, 2.75) is 57.4 Å². The lowest BCUT2D eigenvalue weighted by atomic mass is 9.86. The number of piperidine rings is 1. The fourth-order valence-corrected chi connectivity index (χ4v) is 4.39. The predicted octanol–water partition coefficient (Wildman–Crippen LogP) is 4.11. The molecular weight excluding hydrogens is 312 g/mol. The normalized spacial score (nSPS) is 22.1. The van der Waals surface area contributed by atoms with Crippen LogP contribution in [0.1, 0.15) is 63.1 Å². The Balaban J connectivity index is 1.62. The Bertz CT molecular complexity index is 705. The molecule has 0 spiro atoms. The van der Waals surface area contributed by atoms with Gasteiger partial charge in [0.15, 0.2) is 0 Å². The minimum absolute atomic E-state index is 0.119. The summed E-state index contributed by atoms with van der Waals surface area (Å²) < 4.78 is 0. The maximum absolute atomic E-state index is 13.2. The summed E-state index contributed by atoms with van der Waals surface area (Å²) in [6.45, 7) is 0.870. The average Bonchev–Trinajstić information content (AvgIpc) is 3.18. The summed E-state index contributed by atoms with van der Waals surface area (Å²) in [6, 6.07) is 4.13. The Kier molecular flexibility index (Phi) is 4.81. The second-order valence-electron chi connectivity index (χ2n) is 7.31. The van der Waals surface area contributed by atoms with Crippen molar-refractivity contribution in [2.24, 2.45) is 5.92 Å². The molecule has 2 aromatic rings. The van der Waals surface area contributed by atoms with Crippen LogP contribution in [-0.4, -0.2) is 32.5 Å². The number of hydrogen-bond acceptors (Lipinski definition) is 3. The van der Waals surface area contributed by atoms with Gasteiger partial charge in [0.2, 0.25) is 5.91 Å². The first-order chi connectivity index (χ1) is 12.3. The maximum Gasteiger partial charge on any atom is 0.226 e. The van der Waals surface area contributed by atoms with E-state index in [9.17, 15) is 4.79 Å². The number of likely N-dealkylation sites (tertiary alicyclic amines) is 1. The second kappa shape index (κ2) is 7.38. The van der Waals surface area contributed by atoms with Crippen LogP contribution in [0.2, 0.25) is 0 Å². The van der Waals surface area contributed by atoms with Crippen LogP contribution in [0.5, 0.6) is 0 Å². The molecule has 2 fully saturated rings. The van der Waals surface area contributed by atoms with Crippen LogP contribution in [0.4, 0.5) is 0 Å². The molecule has 1 amide bonds. The molecule has 1 saturated carbocycles. The number of aromatic nitrogens is 3. The van der Waals surface area contributed by atoms with Gasteiger partial charge in [-0.3, -0.25) is 14.9 Å². The molecule has 1 saturated heterocycles. The molecule has 1 N–H and O–H groups in total. The minimum atomic E-state index is 0.119. The van der Waals surface area contributed by atoms with Crippen molar-refractivity contribution >= 4 is 5.91 Å². The van der Waals surface area contributed by atoms with Crippen molar-refractivity contribution in [3.8, 4) is 11.1 Å². The van der Waals surface area contributed by atoms with Crippen LogP contribution in [0.15, 0.2) is 30.7 Å². The Morgan fingerprint density at radius 1 is 1.04 bits per heavy atom. The Morgan fingerprint density at radius 2 is 1.80 bits per heavy atom. The number of nitrogens with one attached hydrogen (secondary N) is 1. The predicted molar refractivity (Wildman–Crippen MR) is 96.7 cm³/mol. The van der Waals surface area contributed by atoms with Crippen molar-refractivity contribution in [2.75, 3.05) is 6.54 Å². The van der Waals surface area contributed by atoms with E-state index in [0.717, 1.165) is 55.5 Å². The third-order valence-corrected chi connectivity index (χ3v) is 5.73. The molecule has 2 aromatic heterocycles. The lowest BCUT2D eigenvalue weighted by molar-refractivity contribution is -0.140. The first kappa shape index (κ1) is 16.3. The molecule has 2 aliphatic rings. The van der Waals surface area contributed by atoms with E-state index in [2.05, 4.69) is 20.1 Å². The van der Waals surface area contributed by atoms with E-state index in [1.54, 1.807) is 12.4 Å². The number of H-pyrrole nitrogens is 1. The van der Waals surface area contributed by atoms with Crippen LogP contribution in [0, 0.1) is 5.92 Å². The standard InChI is InChI=1S/C20H26N4O/c25-20(16-6-2-1-3-7-16)24-13-5-4-8-18(24)19-17(14-22-23-19)15-9-11-21-12-10-15/h9-12,14,16,18H,1-8,13H2,(H,22,23)/t18-/m0/s1.